The van der Waals surface area contributed by atoms with Crippen LogP contribution in [-0.2, 0) is 4.79 Å². The van der Waals surface area contributed by atoms with Crippen molar-refractivity contribution in [2.75, 3.05) is 0 Å². The number of benzene rings is 2. The van der Waals surface area contributed by atoms with Gasteiger partial charge in [0.15, 0.2) is 0 Å². The Labute approximate surface area is 133 Å². The topological polar surface area (TPSA) is 49.3 Å². The highest BCUT2D eigenvalue weighted by molar-refractivity contribution is 8.00. The summed E-state index contributed by atoms with van der Waals surface area (Å²) in [5.74, 6) is -0.181. The SMILES string of the molecule is CC(Sc1ccc(O)cc1)C(=O)NC(C)c1ccc(F)cc1. The van der Waals surface area contributed by atoms with E-state index >= 15 is 0 Å². The minimum atomic E-state index is -0.293. The van der Waals surface area contributed by atoms with Gasteiger partial charge in [0.05, 0.1) is 11.3 Å². The zero-order chi connectivity index (χ0) is 16.1. The molecule has 2 rings (SSSR count). The van der Waals surface area contributed by atoms with Crippen LogP contribution in [0.25, 0.3) is 0 Å². The predicted molar refractivity (Wildman–Crippen MR) is 86.4 cm³/mol. The monoisotopic (exact) mass is 319 g/mol. The number of phenolic OH excluding ortho intramolecular Hbond substituents is 1. The Balaban J connectivity index is 1.93. The summed E-state index contributed by atoms with van der Waals surface area (Å²) in [6.07, 6.45) is 0. The van der Waals surface area contributed by atoms with Gasteiger partial charge in [0.25, 0.3) is 0 Å². The third kappa shape index (κ3) is 4.49. The second kappa shape index (κ2) is 7.31. The maximum absolute atomic E-state index is 12.9. The lowest BCUT2D eigenvalue weighted by Gasteiger charge is -2.18. The van der Waals surface area contributed by atoms with Crippen molar-refractivity contribution < 1.29 is 14.3 Å². The Hall–Kier alpha value is -2.01. The van der Waals surface area contributed by atoms with Gasteiger partial charge in [-0.2, -0.15) is 0 Å². The van der Waals surface area contributed by atoms with Gasteiger partial charge in [0.2, 0.25) is 5.91 Å². The van der Waals surface area contributed by atoms with Crippen molar-refractivity contribution in [2.24, 2.45) is 0 Å². The fraction of sp³-hybridized carbons (Fsp3) is 0.235. The van der Waals surface area contributed by atoms with Gasteiger partial charge in [-0.1, -0.05) is 12.1 Å². The number of nitrogens with one attached hydrogen (secondary N) is 1. The lowest BCUT2D eigenvalue weighted by atomic mass is 10.1. The third-order valence-electron chi connectivity index (χ3n) is 3.25. The number of hydrogen-bond donors (Lipinski definition) is 2. The molecule has 0 fully saturated rings. The predicted octanol–water partition coefficient (Wildman–Crippen LogP) is 3.89. The maximum Gasteiger partial charge on any atom is 0.233 e. The van der Waals surface area contributed by atoms with Gasteiger partial charge in [-0.15, -0.1) is 11.8 Å². The lowest BCUT2D eigenvalue weighted by molar-refractivity contribution is -0.120. The van der Waals surface area contributed by atoms with Gasteiger partial charge < -0.3 is 10.4 Å². The summed E-state index contributed by atoms with van der Waals surface area (Å²) in [5.41, 5.74) is 0.858. The van der Waals surface area contributed by atoms with Gasteiger partial charge in [-0.05, 0) is 55.8 Å². The largest absolute Gasteiger partial charge is 0.508 e. The molecule has 0 spiro atoms. The number of aromatic hydroxyl groups is 1. The number of rotatable bonds is 5. The average molecular weight is 319 g/mol. The van der Waals surface area contributed by atoms with E-state index in [2.05, 4.69) is 5.32 Å². The molecule has 2 unspecified atom stereocenters. The van der Waals surface area contributed by atoms with E-state index < -0.39 is 0 Å². The highest BCUT2D eigenvalue weighted by atomic mass is 32.2. The summed E-state index contributed by atoms with van der Waals surface area (Å²) >= 11 is 1.42. The van der Waals surface area contributed by atoms with E-state index in [1.54, 1.807) is 36.4 Å². The Morgan fingerprint density at radius 1 is 1.09 bits per heavy atom. The van der Waals surface area contributed by atoms with Crippen LogP contribution in [0.4, 0.5) is 4.39 Å². The number of amides is 1. The molecule has 3 nitrogen and oxygen atoms in total. The Morgan fingerprint density at radius 2 is 1.68 bits per heavy atom. The molecule has 0 aliphatic heterocycles. The second-order valence-corrected chi connectivity index (χ2v) is 6.45. The van der Waals surface area contributed by atoms with Crippen molar-refractivity contribution in [1.29, 1.82) is 0 Å². The molecule has 116 valence electrons. The molecular formula is C17H18FNO2S. The molecule has 0 aromatic heterocycles. The molecule has 2 N–H and O–H groups in total. The molecule has 2 aromatic rings. The van der Waals surface area contributed by atoms with Gasteiger partial charge in [0.1, 0.15) is 11.6 Å². The first kappa shape index (κ1) is 16.4. The lowest BCUT2D eigenvalue weighted by Crippen LogP contribution is -2.33. The van der Waals surface area contributed by atoms with E-state index in [9.17, 15) is 14.3 Å². The van der Waals surface area contributed by atoms with Crippen LogP contribution in [0.3, 0.4) is 0 Å². The zero-order valence-electron chi connectivity index (χ0n) is 12.4. The van der Waals surface area contributed by atoms with E-state index in [4.69, 9.17) is 0 Å². The molecule has 2 aromatic carbocycles. The fourth-order valence-electron chi connectivity index (χ4n) is 1.95. The molecule has 1 amide bonds. The van der Waals surface area contributed by atoms with Crippen LogP contribution in [0.1, 0.15) is 25.5 Å². The number of carbonyl (C=O) groups excluding carboxylic acids is 1. The van der Waals surface area contributed by atoms with Gasteiger partial charge in [0, 0.05) is 4.90 Å². The van der Waals surface area contributed by atoms with Crippen LogP contribution in [0.5, 0.6) is 5.75 Å². The number of halogens is 1. The van der Waals surface area contributed by atoms with Crippen molar-refractivity contribution in [3.63, 3.8) is 0 Å². The molecular weight excluding hydrogens is 301 g/mol. The first-order chi connectivity index (χ1) is 10.5. The summed E-state index contributed by atoms with van der Waals surface area (Å²) in [5, 5.41) is 11.9. The minimum Gasteiger partial charge on any atom is -0.508 e. The van der Waals surface area contributed by atoms with E-state index in [1.807, 2.05) is 13.8 Å². The smallest absolute Gasteiger partial charge is 0.233 e. The fourth-order valence-corrected chi connectivity index (χ4v) is 2.82. The Morgan fingerprint density at radius 3 is 2.27 bits per heavy atom. The molecule has 0 saturated carbocycles. The molecule has 0 aliphatic rings. The van der Waals surface area contributed by atoms with Crippen molar-refractivity contribution in [2.45, 2.75) is 30.0 Å². The van der Waals surface area contributed by atoms with Gasteiger partial charge in [-0.3, -0.25) is 4.79 Å². The summed E-state index contributed by atoms with van der Waals surface area (Å²) in [6.45, 7) is 3.69. The first-order valence-corrected chi connectivity index (χ1v) is 7.85. The number of phenols is 1. The Kier molecular flexibility index (Phi) is 5.44. The zero-order valence-corrected chi connectivity index (χ0v) is 13.2. The molecule has 22 heavy (non-hydrogen) atoms. The summed E-state index contributed by atoms with van der Waals surface area (Å²) in [7, 11) is 0. The van der Waals surface area contributed by atoms with Crippen LogP contribution in [0, 0.1) is 5.82 Å². The normalized spacial score (nSPS) is 13.4. The second-order valence-electron chi connectivity index (χ2n) is 5.04. The molecule has 0 aliphatic carbocycles. The molecule has 0 saturated heterocycles. The molecule has 0 heterocycles. The molecule has 0 radical (unpaired) electrons. The summed E-state index contributed by atoms with van der Waals surface area (Å²) in [4.78, 5) is 13.1. The summed E-state index contributed by atoms with van der Waals surface area (Å²) in [6, 6.07) is 12.6. The molecule has 2 atom stereocenters. The van der Waals surface area contributed by atoms with Crippen LogP contribution >= 0.6 is 11.8 Å². The minimum absolute atomic E-state index is 0.0881. The van der Waals surface area contributed by atoms with Gasteiger partial charge >= 0.3 is 0 Å². The van der Waals surface area contributed by atoms with Crippen LogP contribution < -0.4 is 5.32 Å². The van der Waals surface area contributed by atoms with E-state index in [0.29, 0.717) is 0 Å². The quantitative estimate of drug-likeness (QED) is 0.822. The molecule has 5 heteroatoms. The van der Waals surface area contributed by atoms with E-state index in [1.165, 1.54) is 23.9 Å². The summed E-state index contributed by atoms with van der Waals surface area (Å²) < 4.78 is 12.9. The van der Waals surface area contributed by atoms with Crippen molar-refractivity contribution >= 4 is 17.7 Å². The van der Waals surface area contributed by atoms with Crippen molar-refractivity contribution in [1.82, 2.24) is 5.32 Å². The number of carbonyl (C=O) groups is 1. The van der Waals surface area contributed by atoms with Gasteiger partial charge in [-0.25, -0.2) is 4.39 Å². The number of thioether (sulfide) groups is 1. The van der Waals surface area contributed by atoms with E-state index in [0.717, 1.165) is 10.5 Å². The third-order valence-corrected chi connectivity index (χ3v) is 4.36. The molecule has 0 bridgehead atoms. The Bertz CT molecular complexity index is 628. The first-order valence-electron chi connectivity index (χ1n) is 6.97. The standard InChI is InChI=1S/C17H18FNO2S/c1-11(13-3-5-14(18)6-4-13)19-17(21)12(2)22-16-9-7-15(20)8-10-16/h3-12,20H,1-2H3,(H,19,21). The highest BCUT2D eigenvalue weighted by Gasteiger charge is 2.17. The average Bonchev–Trinajstić information content (AvgIpc) is 2.50. The van der Waals surface area contributed by atoms with Crippen LogP contribution in [0.2, 0.25) is 0 Å². The van der Waals surface area contributed by atoms with Crippen LogP contribution in [-0.4, -0.2) is 16.3 Å². The van der Waals surface area contributed by atoms with Crippen molar-refractivity contribution in [3.8, 4) is 5.75 Å². The van der Waals surface area contributed by atoms with Crippen LogP contribution in [0.15, 0.2) is 53.4 Å². The van der Waals surface area contributed by atoms with Crippen molar-refractivity contribution in [3.05, 3.63) is 59.9 Å². The highest BCUT2D eigenvalue weighted by Crippen LogP contribution is 2.25. The maximum atomic E-state index is 12.9. The van der Waals surface area contributed by atoms with E-state index in [-0.39, 0.29) is 28.8 Å². The number of hydrogen-bond acceptors (Lipinski definition) is 3.